The summed E-state index contributed by atoms with van der Waals surface area (Å²) in [6, 6.07) is 0. The minimum Gasteiger partial charge on any atom is -0.726 e. The molecule has 1 rings (SSSR count). The van der Waals surface area contributed by atoms with Crippen molar-refractivity contribution in [2.45, 2.75) is 25.2 Å². The van der Waals surface area contributed by atoms with E-state index in [9.17, 15) is 28.0 Å². The number of hydrogen-bond donors (Lipinski definition) is 1. The second-order valence-electron chi connectivity index (χ2n) is 3.10. The molecule has 0 aromatic heterocycles. The van der Waals surface area contributed by atoms with E-state index in [0.29, 0.717) is 6.08 Å². The van der Waals surface area contributed by atoms with Gasteiger partial charge < -0.3 is 24.3 Å². The summed E-state index contributed by atoms with van der Waals surface area (Å²) in [5, 5.41) is 19.7. The Morgan fingerprint density at radius 2 is 2.00 bits per heavy atom. The molecule has 1 aliphatic heterocycles. The number of carbonyl (C=O) groups is 1. The molecule has 0 bridgehead atoms. The summed E-state index contributed by atoms with van der Waals surface area (Å²) < 4.78 is 39.6. The van der Waals surface area contributed by atoms with Crippen LogP contribution < -0.4 is 64.2 Å². The van der Waals surface area contributed by atoms with Gasteiger partial charge in [0.25, 0.3) is 0 Å². The van der Waals surface area contributed by atoms with Crippen molar-refractivity contribution in [3.63, 3.8) is 0 Å². The van der Waals surface area contributed by atoms with E-state index in [4.69, 9.17) is 0 Å². The fourth-order valence-corrected chi connectivity index (χ4v) is 1.76. The number of carbonyl (C=O) groups excluding carboxylic acids is 1. The van der Waals surface area contributed by atoms with Crippen molar-refractivity contribution >= 4 is 16.4 Å². The summed E-state index contributed by atoms with van der Waals surface area (Å²) in [7, 11) is -5.01. The molecule has 1 N–H and O–H groups in total. The Kier molecular flexibility index (Phi) is 9.63. The molecule has 0 spiro atoms. The molecule has 0 aliphatic carbocycles. The molecule has 0 aromatic rings. The molecule has 11 heteroatoms. The zero-order valence-electron chi connectivity index (χ0n) is 10.0. The van der Waals surface area contributed by atoms with E-state index in [1.165, 1.54) is 6.92 Å². The molecule has 8 nitrogen and oxygen atoms in total. The van der Waals surface area contributed by atoms with Crippen LogP contribution in [0.25, 0.3) is 0 Å². The number of hydrogen-bond acceptors (Lipinski definition) is 8. The first-order valence-corrected chi connectivity index (χ1v) is 5.46. The van der Waals surface area contributed by atoms with Crippen molar-refractivity contribution in [2.75, 3.05) is 0 Å². The molecule has 92 valence electrons. The molecule has 1 heterocycles. The average Bonchev–Trinajstić information content (AvgIpc) is 2.09. The second-order valence-corrected chi connectivity index (χ2v) is 4.11. The second kappa shape index (κ2) is 8.20. The summed E-state index contributed by atoms with van der Waals surface area (Å²) in [6.45, 7) is 1.25. The molecule has 0 saturated heterocycles. The third-order valence-electron chi connectivity index (χ3n) is 1.86. The molecule has 0 fully saturated rings. The summed E-state index contributed by atoms with van der Waals surface area (Å²) in [5.41, 5.74) is 0. The van der Waals surface area contributed by atoms with Gasteiger partial charge in [-0.1, -0.05) is 0 Å². The first kappa shape index (κ1) is 21.1. The fraction of sp³-hybridized carbons (Fsp3) is 0.571. The summed E-state index contributed by atoms with van der Waals surface area (Å²) in [4.78, 5) is 10.4. The first-order chi connectivity index (χ1) is 7.20. The zero-order valence-corrected chi connectivity index (χ0v) is 14.8. The minimum absolute atomic E-state index is 0. The van der Waals surface area contributed by atoms with Crippen molar-refractivity contribution < 1.29 is 96.0 Å². The Bertz CT molecular complexity index is 419. The van der Waals surface area contributed by atoms with Gasteiger partial charge in [0, 0.05) is 0 Å². The van der Waals surface area contributed by atoms with Crippen LogP contribution in [0.4, 0.5) is 0 Å². The van der Waals surface area contributed by atoms with Gasteiger partial charge in [-0.15, -0.1) is 0 Å². The van der Waals surface area contributed by atoms with Crippen LogP contribution in [-0.2, 0) is 24.1 Å². The van der Waals surface area contributed by atoms with Gasteiger partial charge in [-0.2, -0.15) is 0 Å². The quantitative estimate of drug-likeness (QED) is 0.308. The van der Waals surface area contributed by atoms with Crippen molar-refractivity contribution in [2.24, 2.45) is 0 Å². The Balaban J connectivity index is 0. The number of carboxylic acids is 1. The molecule has 0 amide bonds. The largest absolute Gasteiger partial charge is 1.00 e. The van der Waals surface area contributed by atoms with Crippen molar-refractivity contribution in [1.29, 1.82) is 0 Å². The van der Waals surface area contributed by atoms with Crippen LogP contribution in [-0.4, -0.2) is 42.4 Å². The number of aliphatic carboxylic acids is 1. The average molecular weight is 298 g/mol. The Hall–Kier alpha value is 0.840. The Morgan fingerprint density at radius 3 is 2.33 bits per heavy atom. The van der Waals surface area contributed by atoms with E-state index in [1.807, 2.05) is 0 Å². The van der Waals surface area contributed by atoms with Crippen molar-refractivity contribution in [3.05, 3.63) is 11.8 Å². The van der Waals surface area contributed by atoms with Crippen LogP contribution in [0.1, 0.15) is 6.92 Å². The van der Waals surface area contributed by atoms with Gasteiger partial charge >= 0.3 is 59.1 Å². The maximum absolute atomic E-state index is 10.4. The number of aliphatic hydroxyl groups excluding tert-OH is 1. The third kappa shape index (κ3) is 6.33. The Labute approximate surface area is 148 Å². The maximum Gasteiger partial charge on any atom is 1.00 e. The van der Waals surface area contributed by atoms with Gasteiger partial charge in [-0.25, -0.2) is 8.42 Å². The smallest absolute Gasteiger partial charge is 0.726 e. The predicted molar refractivity (Wildman–Crippen MR) is 44.2 cm³/mol. The SMILES string of the molecule is C[C@@H]1OC(C(=O)[O-])=C[C@H](O)C1OS(=O)(=O)[O-].[Na+].[Na+]. The normalized spacial score (nSPS) is 27.1. The van der Waals surface area contributed by atoms with Gasteiger partial charge in [-0.05, 0) is 13.0 Å². The minimum atomic E-state index is -5.01. The molecule has 18 heavy (non-hydrogen) atoms. The van der Waals surface area contributed by atoms with Crippen molar-refractivity contribution in [3.8, 4) is 0 Å². The molecular formula is C7H8Na2O8S. The Morgan fingerprint density at radius 1 is 1.50 bits per heavy atom. The van der Waals surface area contributed by atoms with Crippen LogP contribution in [0.3, 0.4) is 0 Å². The molecule has 0 aromatic carbocycles. The van der Waals surface area contributed by atoms with E-state index >= 15 is 0 Å². The first-order valence-electron chi connectivity index (χ1n) is 4.12. The maximum atomic E-state index is 10.4. The fourth-order valence-electron chi connectivity index (χ4n) is 1.22. The predicted octanol–water partition coefficient (Wildman–Crippen LogP) is -8.75. The number of ether oxygens (including phenoxy) is 1. The molecule has 0 saturated carbocycles. The molecule has 1 unspecified atom stereocenters. The number of aliphatic hydroxyl groups is 1. The molecular weight excluding hydrogens is 290 g/mol. The standard InChI is InChI=1S/C7H10O8S.2Na/c1-3-6(15-16(11,12)13)4(8)2-5(14-3)7(9)10;;/h2-4,6,8H,1H3,(H,9,10)(H,11,12,13);;/q;2*+1/p-2/t3-,4-,6?;;/m0../s1. The third-order valence-corrected chi connectivity index (χ3v) is 2.32. The topological polar surface area (TPSA) is 136 Å². The number of rotatable bonds is 3. The monoisotopic (exact) mass is 298 g/mol. The van der Waals surface area contributed by atoms with Crippen LogP contribution in [0.2, 0.25) is 0 Å². The zero-order chi connectivity index (χ0) is 12.5. The van der Waals surface area contributed by atoms with E-state index in [-0.39, 0.29) is 59.1 Å². The van der Waals surface area contributed by atoms with Gasteiger partial charge in [0.1, 0.15) is 30.0 Å². The van der Waals surface area contributed by atoms with Gasteiger partial charge in [0.05, 0.1) is 0 Å². The van der Waals surface area contributed by atoms with Crippen LogP contribution in [0.15, 0.2) is 11.8 Å². The summed E-state index contributed by atoms with van der Waals surface area (Å²) >= 11 is 0. The van der Waals surface area contributed by atoms with Gasteiger partial charge in [0.2, 0.25) is 10.4 Å². The summed E-state index contributed by atoms with van der Waals surface area (Å²) in [6.07, 6.45) is -3.48. The van der Waals surface area contributed by atoms with E-state index < -0.39 is 40.4 Å². The number of carboxylic acid groups (broad SMARTS) is 1. The van der Waals surface area contributed by atoms with Gasteiger partial charge in [0.15, 0.2) is 0 Å². The molecule has 3 atom stereocenters. The molecule has 0 radical (unpaired) electrons. The van der Waals surface area contributed by atoms with Gasteiger partial charge in [-0.3, -0.25) is 4.18 Å². The van der Waals surface area contributed by atoms with Crippen molar-refractivity contribution in [1.82, 2.24) is 0 Å². The van der Waals surface area contributed by atoms with E-state index in [0.717, 1.165) is 0 Å². The van der Waals surface area contributed by atoms with E-state index in [1.54, 1.807) is 0 Å². The van der Waals surface area contributed by atoms with Crippen LogP contribution in [0, 0.1) is 0 Å². The molecule has 1 aliphatic rings. The van der Waals surface area contributed by atoms with Crippen LogP contribution in [0.5, 0.6) is 0 Å². The summed E-state index contributed by atoms with van der Waals surface area (Å²) in [5.74, 6) is -2.29. The van der Waals surface area contributed by atoms with E-state index in [2.05, 4.69) is 8.92 Å². The van der Waals surface area contributed by atoms with Crippen LogP contribution >= 0.6 is 0 Å².